The van der Waals surface area contributed by atoms with Crippen molar-refractivity contribution in [1.29, 1.82) is 5.26 Å². The highest BCUT2D eigenvalue weighted by Gasteiger charge is 2.47. The van der Waals surface area contributed by atoms with Gasteiger partial charge in [0, 0.05) is 24.0 Å². The molecule has 0 bridgehead atoms. The summed E-state index contributed by atoms with van der Waals surface area (Å²) in [6.07, 6.45) is 6.54. The summed E-state index contributed by atoms with van der Waals surface area (Å²) in [7, 11) is 0. The molecule has 0 saturated heterocycles. The quantitative estimate of drug-likeness (QED) is 0.721. The van der Waals surface area contributed by atoms with Crippen molar-refractivity contribution in [2.24, 2.45) is 0 Å². The molecule has 1 saturated carbocycles. The zero-order valence-corrected chi connectivity index (χ0v) is 14.1. The lowest BCUT2D eigenvalue weighted by Gasteiger charge is -2.23. The molecule has 2 unspecified atom stereocenters. The lowest BCUT2D eigenvalue weighted by molar-refractivity contribution is 0.441. The molecule has 3 heterocycles. The van der Waals surface area contributed by atoms with Crippen LogP contribution in [-0.2, 0) is 11.0 Å². The third-order valence-corrected chi connectivity index (χ3v) is 5.83. The largest absolute Gasteiger partial charge is 0.267 e. The molecule has 0 spiro atoms. The first-order valence-electron chi connectivity index (χ1n) is 8.45. The molecule has 5 rings (SSSR count). The molecule has 2 aliphatic rings. The predicted molar refractivity (Wildman–Crippen MR) is 87.5 cm³/mol. The topological polar surface area (TPSA) is 71.8 Å². The van der Waals surface area contributed by atoms with E-state index in [1.165, 1.54) is 6.07 Å². The van der Waals surface area contributed by atoms with Gasteiger partial charge in [-0.2, -0.15) is 14.8 Å². The van der Waals surface area contributed by atoms with Gasteiger partial charge in [0.1, 0.15) is 0 Å². The van der Waals surface area contributed by atoms with E-state index in [9.17, 15) is 9.65 Å². The molecule has 0 aliphatic heterocycles. The second-order valence-electron chi connectivity index (χ2n) is 7.66. The molecule has 3 aromatic heterocycles. The zero-order chi connectivity index (χ0) is 17.4. The molecule has 0 aromatic carbocycles. The second kappa shape index (κ2) is 4.45. The molecular weight excluding hydrogens is 319 g/mol. The van der Waals surface area contributed by atoms with Crippen LogP contribution in [0.5, 0.6) is 0 Å². The first-order chi connectivity index (χ1) is 11.9. The van der Waals surface area contributed by atoms with Crippen LogP contribution in [0, 0.1) is 17.3 Å². The highest BCUT2D eigenvalue weighted by molar-refractivity contribution is 5.51. The van der Waals surface area contributed by atoms with Gasteiger partial charge >= 0.3 is 0 Å². The Morgan fingerprint density at radius 3 is 2.84 bits per heavy atom. The van der Waals surface area contributed by atoms with Gasteiger partial charge in [0.2, 0.25) is 5.95 Å². The third-order valence-electron chi connectivity index (χ3n) is 5.83. The Morgan fingerprint density at radius 2 is 2.12 bits per heavy atom. The molecule has 2 aliphatic carbocycles. The number of nitrogens with zero attached hydrogens (tertiary/aromatic N) is 6. The summed E-state index contributed by atoms with van der Waals surface area (Å²) in [6, 6.07) is 5.68. The van der Waals surface area contributed by atoms with Gasteiger partial charge in [-0.3, -0.25) is 4.68 Å². The van der Waals surface area contributed by atoms with Gasteiger partial charge in [0.05, 0.1) is 34.3 Å². The minimum atomic E-state index is -0.570. The fraction of sp³-hybridized carbons (Fsp3) is 0.444. The summed E-state index contributed by atoms with van der Waals surface area (Å²) in [4.78, 5) is 4.27. The van der Waals surface area contributed by atoms with E-state index in [1.807, 2.05) is 16.9 Å². The molecule has 6 nitrogen and oxygen atoms in total. The summed E-state index contributed by atoms with van der Waals surface area (Å²) in [5.74, 6) is -0.870. The van der Waals surface area contributed by atoms with E-state index in [2.05, 4.69) is 30.0 Å². The number of halogens is 1. The highest BCUT2D eigenvalue weighted by atomic mass is 19.1. The molecule has 0 amide bonds. The predicted octanol–water partition coefficient (Wildman–Crippen LogP) is 2.89. The van der Waals surface area contributed by atoms with Gasteiger partial charge in [-0.25, -0.2) is 9.50 Å². The number of fused-ring (bicyclic) bond motifs is 3. The number of rotatable bonds is 2. The van der Waals surface area contributed by atoms with E-state index >= 15 is 0 Å². The molecule has 0 N–H and O–H groups in total. The lowest BCUT2D eigenvalue weighted by Crippen LogP contribution is -2.25. The summed E-state index contributed by atoms with van der Waals surface area (Å²) >= 11 is 0. The Labute approximate surface area is 143 Å². The maximum Gasteiger partial charge on any atom is 0.235 e. The fourth-order valence-electron chi connectivity index (χ4n) is 4.01. The van der Waals surface area contributed by atoms with Crippen LogP contribution in [0.15, 0.2) is 24.5 Å². The smallest absolute Gasteiger partial charge is 0.235 e. The van der Waals surface area contributed by atoms with Gasteiger partial charge < -0.3 is 0 Å². The van der Waals surface area contributed by atoms with E-state index in [-0.39, 0.29) is 11.5 Å². The van der Waals surface area contributed by atoms with Gasteiger partial charge in [0.25, 0.3) is 0 Å². The number of aromatic nitrogens is 5. The molecule has 0 radical (unpaired) electrons. The SMILES string of the molecule is CC1(c2ccn(C3(C)CC3)n2)CC(C#N)c2cnc3cc(F)nn3c21. The highest BCUT2D eigenvalue weighted by Crippen LogP contribution is 2.49. The molecule has 126 valence electrons. The van der Waals surface area contributed by atoms with E-state index in [4.69, 9.17) is 5.10 Å². The maximum atomic E-state index is 13.7. The average Bonchev–Trinajstić information content (AvgIpc) is 2.97. The first-order valence-corrected chi connectivity index (χ1v) is 8.45. The maximum absolute atomic E-state index is 13.7. The average molecular weight is 336 g/mol. The van der Waals surface area contributed by atoms with Crippen molar-refractivity contribution in [3.8, 4) is 6.07 Å². The molecule has 25 heavy (non-hydrogen) atoms. The summed E-state index contributed by atoms with van der Waals surface area (Å²) < 4.78 is 17.3. The zero-order valence-electron chi connectivity index (χ0n) is 14.1. The van der Waals surface area contributed by atoms with Crippen molar-refractivity contribution in [2.75, 3.05) is 0 Å². The Bertz CT molecular complexity index is 1050. The van der Waals surface area contributed by atoms with Crippen LogP contribution in [0.4, 0.5) is 4.39 Å². The summed E-state index contributed by atoms with van der Waals surface area (Å²) in [6.45, 7) is 4.25. The van der Waals surface area contributed by atoms with Gasteiger partial charge in [-0.15, -0.1) is 5.10 Å². The minimum absolute atomic E-state index is 0.107. The van der Waals surface area contributed by atoms with Crippen LogP contribution in [0.2, 0.25) is 0 Å². The van der Waals surface area contributed by atoms with Gasteiger partial charge in [-0.05, 0) is 39.2 Å². The standard InChI is InChI=1S/C18H17FN6/c1-17(4-5-17)24-6-3-13(22-24)18(2)8-11(9-20)12-10-21-15-7-14(19)23-25(15)16(12)18/h3,6-7,10-11H,4-5,8H2,1-2H3. The second-order valence-corrected chi connectivity index (χ2v) is 7.66. The van der Waals surface area contributed by atoms with Crippen molar-refractivity contribution in [3.05, 3.63) is 47.4 Å². The van der Waals surface area contributed by atoms with Crippen LogP contribution in [-0.4, -0.2) is 24.4 Å². The van der Waals surface area contributed by atoms with E-state index in [1.54, 1.807) is 10.7 Å². The fourth-order valence-corrected chi connectivity index (χ4v) is 4.01. The van der Waals surface area contributed by atoms with Gasteiger partial charge in [-0.1, -0.05) is 0 Å². The van der Waals surface area contributed by atoms with Crippen molar-refractivity contribution in [2.45, 2.75) is 50.0 Å². The Balaban J connectivity index is 1.74. The number of nitriles is 1. The summed E-state index contributed by atoms with van der Waals surface area (Å²) in [5.41, 5.74) is 2.58. The third kappa shape index (κ3) is 1.85. The van der Waals surface area contributed by atoms with Crippen LogP contribution < -0.4 is 0 Å². The van der Waals surface area contributed by atoms with Crippen LogP contribution in [0.25, 0.3) is 5.65 Å². The summed E-state index contributed by atoms with van der Waals surface area (Å²) in [5, 5.41) is 18.4. The Morgan fingerprint density at radius 1 is 1.32 bits per heavy atom. The normalized spacial score (nSPS) is 26.6. The Hall–Kier alpha value is -2.75. The van der Waals surface area contributed by atoms with E-state index < -0.39 is 11.4 Å². The minimum Gasteiger partial charge on any atom is -0.267 e. The van der Waals surface area contributed by atoms with Crippen molar-refractivity contribution >= 4 is 5.65 Å². The van der Waals surface area contributed by atoms with Crippen molar-refractivity contribution < 1.29 is 4.39 Å². The van der Waals surface area contributed by atoms with Crippen LogP contribution in [0.1, 0.15) is 56.0 Å². The number of hydrogen-bond donors (Lipinski definition) is 0. The first kappa shape index (κ1) is 14.6. The van der Waals surface area contributed by atoms with E-state index in [0.717, 1.165) is 29.8 Å². The Kier molecular flexibility index (Phi) is 2.60. The van der Waals surface area contributed by atoms with Crippen molar-refractivity contribution in [1.82, 2.24) is 24.4 Å². The van der Waals surface area contributed by atoms with E-state index in [0.29, 0.717) is 12.1 Å². The molecular formula is C18H17FN6. The lowest BCUT2D eigenvalue weighted by atomic mass is 9.83. The van der Waals surface area contributed by atoms with Crippen LogP contribution >= 0.6 is 0 Å². The number of hydrogen-bond acceptors (Lipinski definition) is 4. The van der Waals surface area contributed by atoms with Crippen LogP contribution in [0.3, 0.4) is 0 Å². The molecule has 2 atom stereocenters. The monoisotopic (exact) mass is 336 g/mol. The van der Waals surface area contributed by atoms with Gasteiger partial charge in [0.15, 0.2) is 5.65 Å². The molecule has 7 heteroatoms. The molecule has 1 fully saturated rings. The van der Waals surface area contributed by atoms with Crippen molar-refractivity contribution in [3.63, 3.8) is 0 Å². The molecule has 3 aromatic rings.